The van der Waals surface area contributed by atoms with Crippen molar-refractivity contribution >= 4 is 38.9 Å². The first-order chi connectivity index (χ1) is 15.5. The molecule has 1 aliphatic carbocycles. The van der Waals surface area contributed by atoms with Gasteiger partial charge in [-0.25, -0.2) is 13.8 Å². The lowest BCUT2D eigenvalue weighted by Gasteiger charge is -2.34. The minimum Gasteiger partial charge on any atom is -0.271 e. The van der Waals surface area contributed by atoms with Crippen molar-refractivity contribution in [2.75, 3.05) is 10.8 Å². The van der Waals surface area contributed by atoms with Crippen molar-refractivity contribution < 1.29 is 13.2 Å². The molecule has 8 heteroatoms. The first kappa shape index (κ1) is 25.2. The van der Waals surface area contributed by atoms with E-state index in [9.17, 15) is 13.2 Å². The van der Waals surface area contributed by atoms with E-state index in [4.69, 9.17) is 11.6 Å². The number of nitrogens with one attached hydrogen (secondary N) is 1. The molecule has 33 heavy (non-hydrogen) atoms. The molecule has 0 aliphatic heterocycles. The van der Waals surface area contributed by atoms with Gasteiger partial charge in [0, 0.05) is 5.71 Å². The van der Waals surface area contributed by atoms with E-state index >= 15 is 0 Å². The molecule has 2 aromatic rings. The summed E-state index contributed by atoms with van der Waals surface area (Å²) in [4.78, 5) is 12.9. The Kier molecular flexibility index (Phi) is 7.85. The van der Waals surface area contributed by atoms with Gasteiger partial charge >= 0.3 is 0 Å². The number of hydrazone groups is 1. The van der Waals surface area contributed by atoms with E-state index < -0.39 is 22.5 Å². The van der Waals surface area contributed by atoms with E-state index in [0.717, 1.165) is 41.3 Å². The summed E-state index contributed by atoms with van der Waals surface area (Å²) in [7, 11) is -4.02. The van der Waals surface area contributed by atoms with Crippen molar-refractivity contribution in [2.24, 2.45) is 16.4 Å². The van der Waals surface area contributed by atoms with Gasteiger partial charge in [-0.1, -0.05) is 62.2 Å². The lowest BCUT2D eigenvalue weighted by Crippen LogP contribution is -2.40. The number of amides is 1. The predicted molar refractivity (Wildman–Crippen MR) is 134 cm³/mol. The number of carbonyl (C=O) groups is 1. The molecule has 0 spiro atoms. The van der Waals surface area contributed by atoms with Gasteiger partial charge in [0.2, 0.25) is 0 Å². The van der Waals surface area contributed by atoms with Crippen molar-refractivity contribution in [1.82, 2.24) is 5.43 Å². The summed E-state index contributed by atoms with van der Waals surface area (Å²) in [6.45, 7) is 8.20. The normalized spacial score (nSPS) is 16.9. The van der Waals surface area contributed by atoms with Crippen LogP contribution in [0.25, 0.3) is 0 Å². The fraction of sp³-hybridized carbons (Fsp3) is 0.440. The zero-order chi connectivity index (χ0) is 24.2. The second-order valence-corrected chi connectivity index (χ2v) is 11.9. The van der Waals surface area contributed by atoms with Crippen molar-refractivity contribution in [2.45, 2.75) is 58.3 Å². The maximum absolute atomic E-state index is 13.4. The molecular weight excluding hydrogens is 458 g/mol. The summed E-state index contributed by atoms with van der Waals surface area (Å²) in [5.74, 6) is 0.110. The zero-order valence-corrected chi connectivity index (χ0v) is 21.2. The Labute approximate surface area is 202 Å². The Bertz CT molecular complexity index is 1110. The standard InChI is InChI=1S/C25H32ClN3O3S/c1-18-9-15-21(16-10-18)33(31,32)29(23-8-6-5-7-22(23)26)17-24(30)28-27-20-13-11-19(12-14-20)25(2,3)4/h5-10,15-16,19H,11-14,17H2,1-4H3,(H,28,30). The van der Waals surface area contributed by atoms with Crippen molar-refractivity contribution in [3.05, 3.63) is 59.1 Å². The molecule has 0 bridgehead atoms. The van der Waals surface area contributed by atoms with Crippen LogP contribution in [0.2, 0.25) is 5.02 Å². The predicted octanol–water partition coefficient (Wildman–Crippen LogP) is 5.55. The number of sulfonamides is 1. The maximum atomic E-state index is 13.4. The van der Waals surface area contributed by atoms with Crippen molar-refractivity contribution in [3.8, 4) is 0 Å². The molecule has 178 valence electrons. The number of benzene rings is 2. The SMILES string of the molecule is Cc1ccc(S(=O)(=O)N(CC(=O)NN=C2CCC(C(C)(C)C)CC2)c2ccccc2Cl)cc1. The Balaban J connectivity index is 1.78. The second kappa shape index (κ2) is 10.3. The van der Waals surface area contributed by atoms with E-state index in [-0.39, 0.29) is 21.0 Å². The molecule has 1 amide bonds. The van der Waals surface area contributed by atoms with Crippen LogP contribution in [0.3, 0.4) is 0 Å². The molecule has 0 unspecified atom stereocenters. The molecule has 0 radical (unpaired) electrons. The molecule has 0 aromatic heterocycles. The summed E-state index contributed by atoms with van der Waals surface area (Å²) in [5.41, 5.74) is 4.94. The summed E-state index contributed by atoms with van der Waals surface area (Å²) < 4.78 is 27.9. The van der Waals surface area contributed by atoms with Gasteiger partial charge in [-0.05, 0) is 68.2 Å². The van der Waals surface area contributed by atoms with E-state index in [1.54, 1.807) is 36.4 Å². The van der Waals surface area contributed by atoms with Crippen molar-refractivity contribution in [3.63, 3.8) is 0 Å². The molecule has 2 aromatic carbocycles. The first-order valence-corrected chi connectivity index (χ1v) is 13.0. The quantitative estimate of drug-likeness (QED) is 0.540. The van der Waals surface area contributed by atoms with Gasteiger partial charge in [0.25, 0.3) is 15.9 Å². The molecule has 1 saturated carbocycles. The number of para-hydroxylation sites is 1. The third-order valence-corrected chi connectivity index (χ3v) is 8.24. The summed E-state index contributed by atoms with van der Waals surface area (Å²) in [6, 6.07) is 13.1. The van der Waals surface area contributed by atoms with Crippen LogP contribution in [0, 0.1) is 18.3 Å². The Hall–Kier alpha value is -2.38. The van der Waals surface area contributed by atoms with Crippen LogP contribution < -0.4 is 9.73 Å². The van der Waals surface area contributed by atoms with E-state index in [0.29, 0.717) is 5.92 Å². The maximum Gasteiger partial charge on any atom is 0.264 e. The van der Waals surface area contributed by atoms with Crippen LogP contribution in [0.4, 0.5) is 5.69 Å². The molecule has 3 rings (SSSR count). The molecule has 1 aliphatic rings. The molecule has 0 saturated heterocycles. The lowest BCUT2D eigenvalue weighted by atomic mass is 9.72. The third kappa shape index (κ3) is 6.36. The monoisotopic (exact) mass is 489 g/mol. The highest BCUT2D eigenvalue weighted by Crippen LogP contribution is 2.36. The fourth-order valence-corrected chi connectivity index (χ4v) is 5.75. The Morgan fingerprint density at radius 1 is 1.09 bits per heavy atom. The molecule has 1 fully saturated rings. The van der Waals surface area contributed by atoms with E-state index in [1.807, 2.05) is 6.92 Å². The number of nitrogens with zero attached hydrogens (tertiary/aromatic N) is 2. The number of aryl methyl sites for hydroxylation is 1. The van der Waals surface area contributed by atoms with Gasteiger partial charge in [0.1, 0.15) is 6.54 Å². The fourth-order valence-electron chi connectivity index (χ4n) is 4.03. The number of hydrogen-bond acceptors (Lipinski definition) is 4. The highest BCUT2D eigenvalue weighted by molar-refractivity contribution is 7.92. The van der Waals surface area contributed by atoms with Gasteiger partial charge in [-0.2, -0.15) is 5.10 Å². The lowest BCUT2D eigenvalue weighted by molar-refractivity contribution is -0.119. The van der Waals surface area contributed by atoms with Crippen LogP contribution in [-0.2, 0) is 14.8 Å². The van der Waals surface area contributed by atoms with Crippen LogP contribution in [-0.4, -0.2) is 26.6 Å². The minimum atomic E-state index is -4.02. The highest BCUT2D eigenvalue weighted by atomic mass is 35.5. The average molecular weight is 490 g/mol. The molecule has 0 heterocycles. The zero-order valence-electron chi connectivity index (χ0n) is 19.6. The van der Waals surface area contributed by atoms with Crippen LogP contribution in [0.5, 0.6) is 0 Å². The molecular formula is C25H32ClN3O3S. The van der Waals surface area contributed by atoms with E-state index in [2.05, 4.69) is 31.3 Å². The molecule has 6 nitrogen and oxygen atoms in total. The van der Waals surface area contributed by atoms with Gasteiger partial charge in [-0.15, -0.1) is 0 Å². The number of carbonyl (C=O) groups excluding carboxylic acids is 1. The smallest absolute Gasteiger partial charge is 0.264 e. The van der Waals surface area contributed by atoms with Gasteiger partial charge in [0.05, 0.1) is 15.6 Å². The number of halogens is 1. The summed E-state index contributed by atoms with van der Waals surface area (Å²) in [6.07, 6.45) is 3.73. The third-order valence-electron chi connectivity index (χ3n) is 6.14. The van der Waals surface area contributed by atoms with Crippen LogP contribution in [0.1, 0.15) is 52.0 Å². The molecule has 1 N–H and O–H groups in total. The average Bonchev–Trinajstić information content (AvgIpc) is 2.76. The van der Waals surface area contributed by atoms with Crippen molar-refractivity contribution in [1.29, 1.82) is 0 Å². The van der Waals surface area contributed by atoms with Gasteiger partial charge in [0.15, 0.2) is 0 Å². The summed E-state index contributed by atoms with van der Waals surface area (Å²) in [5, 5.41) is 4.54. The minimum absolute atomic E-state index is 0.0904. The molecule has 0 atom stereocenters. The van der Waals surface area contributed by atoms with Gasteiger partial charge < -0.3 is 0 Å². The second-order valence-electron chi connectivity index (χ2n) is 9.63. The summed E-state index contributed by atoms with van der Waals surface area (Å²) >= 11 is 6.31. The number of rotatable bonds is 6. The largest absolute Gasteiger partial charge is 0.271 e. The highest BCUT2D eigenvalue weighted by Gasteiger charge is 2.30. The van der Waals surface area contributed by atoms with E-state index in [1.165, 1.54) is 12.1 Å². The topological polar surface area (TPSA) is 78.8 Å². The number of anilines is 1. The first-order valence-electron chi connectivity index (χ1n) is 11.2. The Morgan fingerprint density at radius 3 is 2.27 bits per heavy atom. The van der Waals surface area contributed by atoms with Crippen LogP contribution in [0.15, 0.2) is 58.5 Å². The Morgan fingerprint density at radius 2 is 1.70 bits per heavy atom. The number of hydrogen-bond donors (Lipinski definition) is 1. The van der Waals surface area contributed by atoms with Crippen LogP contribution >= 0.6 is 11.6 Å². The van der Waals surface area contributed by atoms with Gasteiger partial charge in [-0.3, -0.25) is 9.10 Å².